The smallest absolute Gasteiger partial charge is 0.122 e. The molecule has 0 aliphatic heterocycles. The van der Waals surface area contributed by atoms with Crippen molar-refractivity contribution in [3.8, 4) is 18.1 Å². The molecule has 17 heavy (non-hydrogen) atoms. The Labute approximate surface area is 108 Å². The van der Waals surface area contributed by atoms with E-state index >= 15 is 0 Å². The number of terminal acetylenes is 1. The van der Waals surface area contributed by atoms with E-state index in [2.05, 4.69) is 5.92 Å². The lowest BCUT2D eigenvalue weighted by Gasteiger charge is -2.21. The Morgan fingerprint density at radius 3 is 2.71 bits per heavy atom. The van der Waals surface area contributed by atoms with Crippen molar-refractivity contribution in [2.45, 2.75) is 32.1 Å². The number of hydrogen-bond acceptors (Lipinski definition) is 1. The zero-order valence-corrected chi connectivity index (χ0v) is 10.7. The van der Waals surface area contributed by atoms with Gasteiger partial charge in [-0.1, -0.05) is 36.8 Å². The Hall–Kier alpha value is -1.13. The average molecular weight is 249 g/mol. The summed E-state index contributed by atoms with van der Waals surface area (Å²) in [6, 6.07) is 5.47. The number of benzene rings is 1. The Bertz CT molecular complexity index is 413. The molecule has 1 aliphatic rings. The standard InChI is InChI=1S/C15H17ClO/c1-2-12-8-14(16)10-15(9-12)17-11-13-6-4-3-5-7-13/h1,8-10,13H,3-7,11H2. The van der Waals surface area contributed by atoms with Gasteiger partial charge in [0.1, 0.15) is 5.75 Å². The summed E-state index contributed by atoms with van der Waals surface area (Å²) in [6.45, 7) is 0.782. The lowest BCUT2D eigenvalue weighted by atomic mass is 9.90. The van der Waals surface area contributed by atoms with Crippen LogP contribution in [0.2, 0.25) is 5.02 Å². The van der Waals surface area contributed by atoms with E-state index in [1.165, 1.54) is 32.1 Å². The SMILES string of the molecule is C#Cc1cc(Cl)cc(OCC2CCCCC2)c1. The van der Waals surface area contributed by atoms with Crippen LogP contribution in [0.15, 0.2) is 18.2 Å². The molecule has 0 spiro atoms. The van der Waals surface area contributed by atoms with Crippen LogP contribution in [-0.4, -0.2) is 6.61 Å². The highest BCUT2D eigenvalue weighted by molar-refractivity contribution is 6.30. The lowest BCUT2D eigenvalue weighted by Crippen LogP contribution is -2.15. The maximum absolute atomic E-state index is 5.97. The second kappa shape index (κ2) is 5.98. The molecule has 0 heterocycles. The number of halogens is 1. The molecule has 1 aromatic rings. The number of hydrogen-bond donors (Lipinski definition) is 0. The summed E-state index contributed by atoms with van der Waals surface area (Å²) in [4.78, 5) is 0. The second-order valence-electron chi connectivity index (χ2n) is 4.63. The predicted octanol–water partition coefficient (Wildman–Crippen LogP) is 4.28. The third kappa shape index (κ3) is 3.68. The zero-order chi connectivity index (χ0) is 12.1. The highest BCUT2D eigenvalue weighted by Crippen LogP contribution is 2.26. The Morgan fingerprint density at radius 1 is 1.24 bits per heavy atom. The van der Waals surface area contributed by atoms with Gasteiger partial charge >= 0.3 is 0 Å². The normalized spacial score (nSPS) is 16.5. The van der Waals surface area contributed by atoms with Crippen molar-refractivity contribution in [2.75, 3.05) is 6.61 Å². The van der Waals surface area contributed by atoms with Gasteiger partial charge in [0.15, 0.2) is 0 Å². The molecule has 0 saturated heterocycles. The van der Waals surface area contributed by atoms with E-state index < -0.39 is 0 Å². The summed E-state index contributed by atoms with van der Waals surface area (Å²) in [6.07, 6.45) is 12.0. The highest BCUT2D eigenvalue weighted by atomic mass is 35.5. The Balaban J connectivity index is 1.94. The van der Waals surface area contributed by atoms with Gasteiger partial charge in [-0.05, 0) is 37.0 Å². The molecule has 1 fully saturated rings. The molecule has 0 bridgehead atoms. The fourth-order valence-corrected chi connectivity index (χ4v) is 2.52. The largest absolute Gasteiger partial charge is 0.493 e. The third-order valence-electron chi connectivity index (χ3n) is 3.25. The second-order valence-corrected chi connectivity index (χ2v) is 5.07. The van der Waals surface area contributed by atoms with Gasteiger partial charge in [-0.25, -0.2) is 0 Å². The van der Waals surface area contributed by atoms with Crippen molar-refractivity contribution in [3.05, 3.63) is 28.8 Å². The van der Waals surface area contributed by atoms with E-state index in [1.807, 2.05) is 12.1 Å². The lowest BCUT2D eigenvalue weighted by molar-refractivity contribution is 0.209. The molecule has 1 saturated carbocycles. The van der Waals surface area contributed by atoms with E-state index in [1.54, 1.807) is 6.07 Å². The van der Waals surface area contributed by atoms with Crippen molar-refractivity contribution in [1.82, 2.24) is 0 Å². The van der Waals surface area contributed by atoms with Crippen LogP contribution in [0.3, 0.4) is 0 Å². The first kappa shape index (κ1) is 12.3. The number of ether oxygens (including phenoxy) is 1. The molecule has 2 heteroatoms. The van der Waals surface area contributed by atoms with Crippen molar-refractivity contribution < 1.29 is 4.74 Å². The fourth-order valence-electron chi connectivity index (χ4n) is 2.30. The van der Waals surface area contributed by atoms with Crippen LogP contribution in [0.1, 0.15) is 37.7 Å². The van der Waals surface area contributed by atoms with Crippen LogP contribution < -0.4 is 4.74 Å². The van der Waals surface area contributed by atoms with Crippen LogP contribution in [0.25, 0.3) is 0 Å². The topological polar surface area (TPSA) is 9.23 Å². The van der Waals surface area contributed by atoms with Crippen molar-refractivity contribution >= 4 is 11.6 Å². The van der Waals surface area contributed by atoms with Gasteiger partial charge in [-0.3, -0.25) is 0 Å². The number of rotatable bonds is 3. The summed E-state index contributed by atoms with van der Waals surface area (Å²) in [5.74, 6) is 4.06. The summed E-state index contributed by atoms with van der Waals surface area (Å²) in [5.41, 5.74) is 0.774. The van der Waals surface area contributed by atoms with Crippen molar-refractivity contribution in [3.63, 3.8) is 0 Å². The Morgan fingerprint density at radius 2 is 2.00 bits per heavy atom. The van der Waals surface area contributed by atoms with Crippen LogP contribution in [-0.2, 0) is 0 Å². The van der Waals surface area contributed by atoms with Crippen LogP contribution in [0.5, 0.6) is 5.75 Å². The monoisotopic (exact) mass is 248 g/mol. The predicted molar refractivity (Wildman–Crippen MR) is 71.5 cm³/mol. The third-order valence-corrected chi connectivity index (χ3v) is 3.47. The first-order chi connectivity index (χ1) is 8.28. The molecular weight excluding hydrogens is 232 g/mol. The highest BCUT2D eigenvalue weighted by Gasteiger charge is 2.14. The van der Waals surface area contributed by atoms with Crippen LogP contribution >= 0.6 is 11.6 Å². The molecule has 0 N–H and O–H groups in total. The first-order valence-corrected chi connectivity index (χ1v) is 6.56. The zero-order valence-electron chi connectivity index (χ0n) is 9.92. The molecule has 0 unspecified atom stereocenters. The molecular formula is C15H17ClO. The minimum Gasteiger partial charge on any atom is -0.493 e. The van der Waals surface area contributed by atoms with Gasteiger partial charge in [0.2, 0.25) is 0 Å². The van der Waals surface area contributed by atoms with E-state index in [0.717, 1.165) is 17.9 Å². The van der Waals surface area contributed by atoms with Crippen LogP contribution in [0, 0.1) is 18.3 Å². The molecule has 90 valence electrons. The molecule has 0 amide bonds. The maximum Gasteiger partial charge on any atom is 0.122 e. The van der Waals surface area contributed by atoms with E-state index in [0.29, 0.717) is 10.9 Å². The summed E-state index contributed by atoms with van der Waals surface area (Å²) >= 11 is 5.97. The van der Waals surface area contributed by atoms with Gasteiger partial charge in [-0.15, -0.1) is 6.42 Å². The van der Waals surface area contributed by atoms with E-state index in [4.69, 9.17) is 22.8 Å². The van der Waals surface area contributed by atoms with Gasteiger partial charge in [0.25, 0.3) is 0 Å². The van der Waals surface area contributed by atoms with E-state index in [9.17, 15) is 0 Å². The van der Waals surface area contributed by atoms with Crippen LogP contribution in [0.4, 0.5) is 0 Å². The van der Waals surface area contributed by atoms with E-state index in [-0.39, 0.29) is 0 Å². The van der Waals surface area contributed by atoms with Crippen molar-refractivity contribution in [1.29, 1.82) is 0 Å². The summed E-state index contributed by atoms with van der Waals surface area (Å²) < 4.78 is 5.79. The Kier molecular flexibility index (Phi) is 4.34. The maximum atomic E-state index is 5.97. The van der Waals surface area contributed by atoms with Gasteiger partial charge in [-0.2, -0.15) is 0 Å². The summed E-state index contributed by atoms with van der Waals surface area (Å²) in [5, 5.41) is 0.638. The van der Waals surface area contributed by atoms with Gasteiger partial charge in [0.05, 0.1) is 6.61 Å². The molecule has 0 aromatic heterocycles. The van der Waals surface area contributed by atoms with Gasteiger partial charge in [0, 0.05) is 10.6 Å². The fraction of sp³-hybridized carbons (Fsp3) is 0.467. The quantitative estimate of drug-likeness (QED) is 0.726. The molecule has 0 atom stereocenters. The molecule has 1 aromatic carbocycles. The average Bonchev–Trinajstić information content (AvgIpc) is 2.37. The molecule has 2 rings (SSSR count). The van der Waals surface area contributed by atoms with Crippen molar-refractivity contribution in [2.24, 2.45) is 5.92 Å². The minimum absolute atomic E-state index is 0.638. The minimum atomic E-state index is 0.638. The molecule has 0 radical (unpaired) electrons. The summed E-state index contributed by atoms with van der Waals surface area (Å²) in [7, 11) is 0. The molecule has 1 aliphatic carbocycles. The van der Waals surface area contributed by atoms with Gasteiger partial charge < -0.3 is 4.74 Å². The molecule has 1 nitrogen and oxygen atoms in total. The first-order valence-electron chi connectivity index (χ1n) is 6.18.